The maximum absolute atomic E-state index is 12.9. The summed E-state index contributed by atoms with van der Waals surface area (Å²) in [6, 6.07) is 16.7. The predicted molar refractivity (Wildman–Crippen MR) is 108 cm³/mol. The van der Waals surface area contributed by atoms with Crippen LogP contribution < -0.4 is 10.2 Å². The number of hydrogen-bond donors (Lipinski definition) is 1. The Balaban J connectivity index is 1.75. The van der Waals surface area contributed by atoms with E-state index in [0.29, 0.717) is 17.1 Å². The Morgan fingerprint density at radius 3 is 2.37 bits per heavy atom. The summed E-state index contributed by atoms with van der Waals surface area (Å²) in [5, 5.41) is 13.2. The minimum Gasteiger partial charge on any atom is -0.317 e. The van der Waals surface area contributed by atoms with E-state index in [1.807, 2.05) is 0 Å². The van der Waals surface area contributed by atoms with E-state index in [1.54, 1.807) is 65.4 Å². The molecule has 1 N–H and O–H groups in total. The van der Waals surface area contributed by atoms with E-state index in [-0.39, 0.29) is 11.3 Å². The Hall–Kier alpha value is -4.53. The summed E-state index contributed by atoms with van der Waals surface area (Å²) in [5.41, 5.74) is 0.931. The van der Waals surface area contributed by atoms with Gasteiger partial charge in [-0.3, -0.25) is 25.0 Å². The summed E-state index contributed by atoms with van der Waals surface area (Å²) < 4.78 is 1.60. The van der Waals surface area contributed by atoms with E-state index in [2.05, 4.69) is 5.32 Å². The van der Waals surface area contributed by atoms with Crippen molar-refractivity contribution >= 4 is 35.3 Å². The molecule has 30 heavy (non-hydrogen) atoms. The predicted octanol–water partition coefficient (Wildman–Crippen LogP) is 3.05. The molecule has 0 saturated carbocycles. The average molecular weight is 402 g/mol. The van der Waals surface area contributed by atoms with Gasteiger partial charge in [0.25, 0.3) is 17.5 Å². The number of anilines is 1. The van der Waals surface area contributed by atoms with E-state index >= 15 is 0 Å². The number of imide groups is 2. The van der Waals surface area contributed by atoms with Crippen molar-refractivity contribution in [1.82, 2.24) is 9.88 Å². The Kier molecular flexibility index (Phi) is 4.69. The minimum atomic E-state index is -0.831. The Morgan fingerprint density at radius 2 is 1.63 bits per heavy atom. The number of nitro groups is 1. The van der Waals surface area contributed by atoms with Crippen LogP contribution in [0.15, 0.2) is 78.5 Å². The number of rotatable bonds is 4. The van der Waals surface area contributed by atoms with Crippen LogP contribution in [0.1, 0.15) is 5.69 Å². The maximum atomic E-state index is 12.9. The van der Waals surface area contributed by atoms with Crippen LogP contribution in [0, 0.1) is 10.1 Å². The Labute approximate surface area is 170 Å². The van der Waals surface area contributed by atoms with Gasteiger partial charge in [0.1, 0.15) is 5.57 Å². The molecule has 4 rings (SSSR count). The molecule has 2 aromatic carbocycles. The second-order valence-electron chi connectivity index (χ2n) is 6.37. The molecule has 1 fully saturated rings. The van der Waals surface area contributed by atoms with Crippen molar-refractivity contribution in [3.8, 4) is 5.69 Å². The molecule has 0 aliphatic carbocycles. The maximum Gasteiger partial charge on any atom is 0.335 e. The summed E-state index contributed by atoms with van der Waals surface area (Å²) >= 11 is 0. The molecule has 1 saturated heterocycles. The van der Waals surface area contributed by atoms with Gasteiger partial charge in [-0.05, 0) is 36.4 Å². The lowest BCUT2D eigenvalue weighted by Crippen LogP contribution is -2.54. The molecule has 0 radical (unpaired) electrons. The highest BCUT2D eigenvalue weighted by Gasteiger charge is 2.36. The molecule has 2 heterocycles. The van der Waals surface area contributed by atoms with Crippen molar-refractivity contribution in [1.29, 1.82) is 0 Å². The lowest BCUT2D eigenvalue weighted by Gasteiger charge is -2.26. The second kappa shape index (κ2) is 7.47. The zero-order valence-electron chi connectivity index (χ0n) is 15.4. The topological polar surface area (TPSA) is 115 Å². The molecular weight excluding hydrogens is 388 g/mol. The van der Waals surface area contributed by atoms with Crippen LogP contribution >= 0.6 is 0 Å². The molecule has 4 amide bonds. The normalized spacial score (nSPS) is 15.4. The number of nitrogens with zero attached hydrogens (tertiary/aromatic N) is 3. The third-order valence-corrected chi connectivity index (χ3v) is 4.51. The fraction of sp³-hybridized carbons (Fsp3) is 0. The minimum absolute atomic E-state index is 0.0906. The number of barbiturate groups is 1. The standard InChI is InChI=1S/C21H14N4O5/c26-19-18(20(27)24(21(28)22-19)14-6-2-1-3-7-14)13-16-10-5-11-23(16)15-8-4-9-17(12-15)25(29)30/h1-13H,(H,22,26,28). The number of carbonyl (C=O) groups excluding carboxylic acids is 3. The molecule has 0 spiro atoms. The number of carbonyl (C=O) groups is 3. The molecule has 1 aliphatic heterocycles. The Morgan fingerprint density at radius 1 is 0.900 bits per heavy atom. The van der Waals surface area contributed by atoms with Crippen molar-refractivity contribution in [2.45, 2.75) is 0 Å². The lowest BCUT2D eigenvalue weighted by molar-refractivity contribution is -0.384. The fourth-order valence-electron chi connectivity index (χ4n) is 3.12. The first-order valence-corrected chi connectivity index (χ1v) is 8.84. The average Bonchev–Trinajstić information content (AvgIpc) is 3.20. The monoisotopic (exact) mass is 402 g/mol. The van der Waals surface area contributed by atoms with Gasteiger partial charge in [0.05, 0.1) is 16.3 Å². The zero-order chi connectivity index (χ0) is 21.3. The number of benzene rings is 2. The largest absolute Gasteiger partial charge is 0.335 e. The van der Waals surface area contributed by atoms with Gasteiger partial charge in [-0.1, -0.05) is 24.3 Å². The summed E-state index contributed by atoms with van der Waals surface area (Å²) in [6.07, 6.45) is 3.00. The second-order valence-corrected chi connectivity index (χ2v) is 6.37. The van der Waals surface area contributed by atoms with E-state index in [1.165, 1.54) is 18.2 Å². The molecule has 3 aromatic rings. The molecule has 9 heteroatoms. The summed E-state index contributed by atoms with van der Waals surface area (Å²) in [5.74, 6) is -1.58. The van der Waals surface area contributed by atoms with Crippen LogP contribution in [-0.4, -0.2) is 27.3 Å². The third kappa shape index (κ3) is 3.35. The first-order valence-electron chi connectivity index (χ1n) is 8.84. The quantitative estimate of drug-likeness (QED) is 0.312. The van der Waals surface area contributed by atoms with E-state index < -0.39 is 22.8 Å². The van der Waals surface area contributed by atoms with Crippen LogP contribution in [0.5, 0.6) is 0 Å². The number of hydrogen-bond acceptors (Lipinski definition) is 5. The number of nitrogens with one attached hydrogen (secondary N) is 1. The first-order chi connectivity index (χ1) is 14.5. The van der Waals surface area contributed by atoms with Crippen molar-refractivity contribution in [3.63, 3.8) is 0 Å². The Bertz CT molecular complexity index is 1210. The van der Waals surface area contributed by atoms with Crippen LogP contribution in [0.25, 0.3) is 11.8 Å². The van der Waals surface area contributed by atoms with Gasteiger partial charge in [-0.15, -0.1) is 0 Å². The first kappa shape index (κ1) is 18.8. The highest BCUT2D eigenvalue weighted by molar-refractivity contribution is 6.39. The lowest BCUT2D eigenvalue weighted by atomic mass is 10.1. The van der Waals surface area contributed by atoms with Gasteiger partial charge in [-0.25, -0.2) is 9.69 Å². The van der Waals surface area contributed by atoms with Gasteiger partial charge in [0.2, 0.25) is 0 Å². The van der Waals surface area contributed by atoms with E-state index in [0.717, 1.165) is 4.90 Å². The molecular formula is C21H14N4O5. The summed E-state index contributed by atoms with van der Waals surface area (Å²) in [7, 11) is 0. The van der Waals surface area contributed by atoms with E-state index in [4.69, 9.17) is 0 Å². The number of urea groups is 1. The van der Waals surface area contributed by atoms with Gasteiger partial charge < -0.3 is 4.57 Å². The van der Waals surface area contributed by atoms with Gasteiger partial charge in [-0.2, -0.15) is 0 Å². The van der Waals surface area contributed by atoms with Gasteiger partial charge in [0.15, 0.2) is 0 Å². The highest BCUT2D eigenvalue weighted by Crippen LogP contribution is 2.24. The zero-order valence-corrected chi connectivity index (χ0v) is 15.4. The van der Waals surface area contributed by atoms with Crippen LogP contribution in [-0.2, 0) is 9.59 Å². The van der Waals surface area contributed by atoms with Crippen molar-refractivity contribution in [2.24, 2.45) is 0 Å². The number of non-ortho nitro benzene ring substituents is 1. The summed E-state index contributed by atoms with van der Waals surface area (Å²) in [6.45, 7) is 0. The van der Waals surface area contributed by atoms with Crippen molar-refractivity contribution in [3.05, 3.63) is 94.3 Å². The molecule has 1 aliphatic rings. The molecule has 0 bridgehead atoms. The molecule has 9 nitrogen and oxygen atoms in total. The molecule has 0 unspecified atom stereocenters. The summed E-state index contributed by atoms with van der Waals surface area (Å²) in [4.78, 5) is 49.0. The number of aromatic nitrogens is 1. The highest BCUT2D eigenvalue weighted by atomic mass is 16.6. The smallest absolute Gasteiger partial charge is 0.317 e. The van der Waals surface area contributed by atoms with E-state index in [9.17, 15) is 24.5 Å². The number of para-hydroxylation sites is 1. The number of nitro benzene ring substituents is 1. The molecule has 0 atom stereocenters. The SMILES string of the molecule is O=C1NC(=O)N(c2ccccc2)C(=O)C1=Cc1cccn1-c1cccc([N+](=O)[O-])c1. The van der Waals surface area contributed by atoms with Crippen LogP contribution in [0.3, 0.4) is 0 Å². The van der Waals surface area contributed by atoms with Crippen LogP contribution in [0.2, 0.25) is 0 Å². The molecule has 1 aromatic heterocycles. The van der Waals surface area contributed by atoms with Crippen molar-refractivity contribution < 1.29 is 19.3 Å². The van der Waals surface area contributed by atoms with Crippen molar-refractivity contribution in [2.75, 3.05) is 4.90 Å². The molecule has 148 valence electrons. The fourth-order valence-corrected chi connectivity index (χ4v) is 3.12. The van der Waals surface area contributed by atoms with Gasteiger partial charge >= 0.3 is 6.03 Å². The van der Waals surface area contributed by atoms with Crippen LogP contribution in [0.4, 0.5) is 16.2 Å². The van der Waals surface area contributed by atoms with Gasteiger partial charge in [0, 0.05) is 24.0 Å². The third-order valence-electron chi connectivity index (χ3n) is 4.51. The number of amides is 4.